The Hall–Kier alpha value is -1.13. The van der Waals surface area contributed by atoms with Crippen LogP contribution >= 0.6 is 0 Å². The number of hydrogen-bond acceptors (Lipinski definition) is 3. The van der Waals surface area contributed by atoms with Crippen LogP contribution < -0.4 is 11.3 Å². The van der Waals surface area contributed by atoms with Crippen LogP contribution in [0.5, 0.6) is 5.75 Å². The minimum atomic E-state index is -0.593. The van der Waals surface area contributed by atoms with E-state index in [4.69, 9.17) is 10.9 Å². The molecule has 66 valence electrons. The maximum atomic E-state index is 12.7. The summed E-state index contributed by atoms with van der Waals surface area (Å²) in [6.45, 7) is 0.588. The first-order valence-corrected chi connectivity index (χ1v) is 3.65. The van der Waals surface area contributed by atoms with E-state index in [1.807, 2.05) is 0 Å². The van der Waals surface area contributed by atoms with Crippen LogP contribution in [-0.4, -0.2) is 11.7 Å². The molecule has 4 N–H and O–H groups in total. The van der Waals surface area contributed by atoms with Crippen molar-refractivity contribution in [3.63, 3.8) is 0 Å². The lowest BCUT2D eigenvalue weighted by Gasteiger charge is -2.01. The van der Waals surface area contributed by atoms with Crippen molar-refractivity contribution in [2.24, 2.45) is 5.84 Å². The van der Waals surface area contributed by atoms with Gasteiger partial charge in [0.1, 0.15) is 0 Å². The fourth-order valence-corrected chi connectivity index (χ4v) is 0.922. The van der Waals surface area contributed by atoms with Crippen LogP contribution in [0.1, 0.15) is 5.56 Å². The number of nitrogens with two attached hydrogens (primary N) is 1. The minimum absolute atomic E-state index is 0.320. The topological polar surface area (TPSA) is 58.3 Å². The molecule has 0 aromatic heterocycles. The van der Waals surface area contributed by atoms with Crippen molar-refractivity contribution in [2.45, 2.75) is 6.42 Å². The number of nitrogens with one attached hydrogen (secondary N) is 1. The van der Waals surface area contributed by atoms with Crippen LogP contribution in [0.15, 0.2) is 18.2 Å². The van der Waals surface area contributed by atoms with E-state index < -0.39 is 5.82 Å². The third-order valence-electron chi connectivity index (χ3n) is 1.57. The first-order valence-electron chi connectivity index (χ1n) is 3.65. The van der Waals surface area contributed by atoms with Gasteiger partial charge in [-0.25, -0.2) is 4.39 Å². The second-order valence-electron chi connectivity index (χ2n) is 2.49. The molecular formula is C8H11FN2O. The first-order chi connectivity index (χ1) is 5.74. The number of aromatic hydroxyl groups is 1. The highest BCUT2D eigenvalue weighted by Gasteiger charge is 2.00. The standard InChI is InChI=1S/C8H11FN2O/c9-7-5-6(3-4-11-10)1-2-8(7)12/h1-2,5,11-12H,3-4,10H2. The zero-order chi connectivity index (χ0) is 8.97. The molecular weight excluding hydrogens is 159 g/mol. The maximum absolute atomic E-state index is 12.7. The van der Waals surface area contributed by atoms with Gasteiger partial charge in [0.2, 0.25) is 0 Å². The van der Waals surface area contributed by atoms with E-state index in [2.05, 4.69) is 5.43 Å². The third kappa shape index (κ3) is 2.18. The Morgan fingerprint density at radius 1 is 1.50 bits per heavy atom. The number of rotatable bonds is 3. The van der Waals surface area contributed by atoms with E-state index in [9.17, 15) is 4.39 Å². The van der Waals surface area contributed by atoms with Gasteiger partial charge in [-0.15, -0.1) is 0 Å². The van der Waals surface area contributed by atoms with Gasteiger partial charge in [0, 0.05) is 6.54 Å². The molecule has 12 heavy (non-hydrogen) atoms. The summed E-state index contributed by atoms with van der Waals surface area (Å²) in [6.07, 6.45) is 0.647. The second-order valence-corrected chi connectivity index (χ2v) is 2.49. The molecule has 0 aliphatic heterocycles. The summed E-state index contributed by atoms with van der Waals surface area (Å²) in [7, 11) is 0. The Bertz CT molecular complexity index is 265. The molecule has 1 aromatic carbocycles. The predicted molar refractivity (Wildman–Crippen MR) is 44.0 cm³/mol. The molecule has 0 bridgehead atoms. The molecule has 0 saturated carbocycles. The summed E-state index contributed by atoms with van der Waals surface area (Å²) in [5.74, 6) is 4.14. The molecule has 0 atom stereocenters. The number of phenols is 1. The molecule has 0 aliphatic carbocycles. The molecule has 0 radical (unpaired) electrons. The zero-order valence-electron chi connectivity index (χ0n) is 6.55. The largest absolute Gasteiger partial charge is 0.505 e. The molecule has 0 fully saturated rings. The van der Waals surface area contributed by atoms with Crippen LogP contribution in [-0.2, 0) is 6.42 Å². The normalized spacial score (nSPS) is 10.2. The second kappa shape index (κ2) is 4.04. The summed E-state index contributed by atoms with van der Waals surface area (Å²) in [5.41, 5.74) is 3.27. The summed E-state index contributed by atoms with van der Waals surface area (Å²) in [6, 6.07) is 4.30. The van der Waals surface area contributed by atoms with Gasteiger partial charge in [0.25, 0.3) is 0 Å². The highest BCUT2D eigenvalue weighted by Crippen LogP contribution is 2.15. The zero-order valence-corrected chi connectivity index (χ0v) is 6.55. The maximum Gasteiger partial charge on any atom is 0.165 e. The average molecular weight is 170 g/mol. The van der Waals surface area contributed by atoms with Crippen molar-refractivity contribution in [2.75, 3.05) is 6.54 Å². The van der Waals surface area contributed by atoms with E-state index in [0.29, 0.717) is 13.0 Å². The lowest BCUT2D eigenvalue weighted by atomic mass is 10.1. The molecule has 0 spiro atoms. The Morgan fingerprint density at radius 3 is 2.83 bits per heavy atom. The summed E-state index contributed by atoms with van der Waals surface area (Å²) < 4.78 is 12.7. The Balaban J connectivity index is 2.69. The molecule has 0 aliphatic rings. The van der Waals surface area contributed by atoms with E-state index in [-0.39, 0.29) is 5.75 Å². The minimum Gasteiger partial charge on any atom is -0.505 e. The molecule has 0 saturated heterocycles. The number of hydrazine groups is 1. The van der Waals surface area contributed by atoms with Crippen molar-refractivity contribution < 1.29 is 9.50 Å². The highest BCUT2D eigenvalue weighted by molar-refractivity contribution is 5.28. The quantitative estimate of drug-likeness (QED) is 0.458. The fraction of sp³-hybridized carbons (Fsp3) is 0.250. The van der Waals surface area contributed by atoms with Crippen molar-refractivity contribution in [1.29, 1.82) is 0 Å². The average Bonchev–Trinajstić information content (AvgIpc) is 2.07. The van der Waals surface area contributed by atoms with Crippen LogP contribution in [0.25, 0.3) is 0 Å². The summed E-state index contributed by atoms with van der Waals surface area (Å²) in [4.78, 5) is 0. The Kier molecular flexibility index (Phi) is 3.01. The van der Waals surface area contributed by atoms with Gasteiger partial charge in [-0.3, -0.25) is 11.3 Å². The lowest BCUT2D eigenvalue weighted by Crippen LogP contribution is -2.24. The number of phenolic OH excluding ortho intramolecular Hbond substituents is 1. The Labute approximate surface area is 70.0 Å². The molecule has 3 nitrogen and oxygen atoms in total. The van der Waals surface area contributed by atoms with Gasteiger partial charge in [-0.05, 0) is 24.1 Å². The molecule has 0 heterocycles. The number of halogens is 1. The third-order valence-corrected chi connectivity index (χ3v) is 1.57. The van der Waals surface area contributed by atoms with E-state index in [1.54, 1.807) is 6.07 Å². The van der Waals surface area contributed by atoms with Gasteiger partial charge < -0.3 is 5.11 Å². The van der Waals surface area contributed by atoms with Gasteiger partial charge in [0.05, 0.1) is 0 Å². The van der Waals surface area contributed by atoms with Gasteiger partial charge in [-0.2, -0.15) is 0 Å². The van der Waals surface area contributed by atoms with E-state index in [1.165, 1.54) is 12.1 Å². The molecule has 0 unspecified atom stereocenters. The summed E-state index contributed by atoms with van der Waals surface area (Å²) in [5, 5.41) is 8.85. The monoisotopic (exact) mass is 170 g/mol. The highest BCUT2D eigenvalue weighted by atomic mass is 19.1. The number of benzene rings is 1. The van der Waals surface area contributed by atoms with Gasteiger partial charge in [-0.1, -0.05) is 6.07 Å². The van der Waals surface area contributed by atoms with E-state index in [0.717, 1.165) is 5.56 Å². The van der Waals surface area contributed by atoms with Crippen molar-refractivity contribution >= 4 is 0 Å². The van der Waals surface area contributed by atoms with Crippen LogP contribution in [0.4, 0.5) is 4.39 Å². The molecule has 4 heteroatoms. The summed E-state index contributed by atoms with van der Waals surface area (Å²) >= 11 is 0. The van der Waals surface area contributed by atoms with Crippen LogP contribution in [0.3, 0.4) is 0 Å². The van der Waals surface area contributed by atoms with E-state index >= 15 is 0 Å². The molecule has 0 amide bonds. The van der Waals surface area contributed by atoms with Gasteiger partial charge in [0.15, 0.2) is 11.6 Å². The van der Waals surface area contributed by atoms with Gasteiger partial charge >= 0.3 is 0 Å². The molecule has 1 rings (SSSR count). The predicted octanol–water partition coefficient (Wildman–Crippen LogP) is 0.537. The fourth-order valence-electron chi connectivity index (χ4n) is 0.922. The first kappa shape index (κ1) is 8.96. The van der Waals surface area contributed by atoms with Crippen molar-refractivity contribution in [1.82, 2.24) is 5.43 Å². The van der Waals surface area contributed by atoms with Crippen molar-refractivity contribution in [3.8, 4) is 5.75 Å². The smallest absolute Gasteiger partial charge is 0.165 e. The lowest BCUT2D eigenvalue weighted by molar-refractivity contribution is 0.431. The Morgan fingerprint density at radius 2 is 2.25 bits per heavy atom. The number of hydrogen-bond donors (Lipinski definition) is 3. The molecule has 1 aromatic rings. The van der Waals surface area contributed by atoms with Crippen LogP contribution in [0.2, 0.25) is 0 Å². The van der Waals surface area contributed by atoms with Crippen molar-refractivity contribution in [3.05, 3.63) is 29.6 Å². The van der Waals surface area contributed by atoms with Crippen LogP contribution in [0, 0.1) is 5.82 Å². The SMILES string of the molecule is NNCCc1ccc(O)c(F)c1.